The first-order chi connectivity index (χ1) is 8.95. The van der Waals surface area contributed by atoms with E-state index >= 15 is 0 Å². The number of halogens is 2. The van der Waals surface area contributed by atoms with E-state index in [0.29, 0.717) is 23.5 Å². The maximum absolute atomic E-state index is 13.7. The number of carbonyl (C=O) groups is 1. The molecule has 2 rings (SSSR count). The lowest BCUT2D eigenvalue weighted by atomic mass is 9.78. The highest BCUT2D eigenvalue weighted by molar-refractivity contribution is 6.31. The van der Waals surface area contributed by atoms with Crippen LogP contribution in [0.3, 0.4) is 0 Å². The van der Waals surface area contributed by atoms with E-state index in [0.717, 1.165) is 19.3 Å². The van der Waals surface area contributed by atoms with Crippen LogP contribution in [-0.2, 0) is 0 Å². The molecule has 19 heavy (non-hydrogen) atoms. The fraction of sp³-hybridized carbons (Fsp3) is 0.533. The van der Waals surface area contributed by atoms with Crippen LogP contribution in [0.2, 0.25) is 5.02 Å². The van der Waals surface area contributed by atoms with Gasteiger partial charge in [-0.15, -0.1) is 0 Å². The minimum atomic E-state index is -0.502. The smallest absolute Gasteiger partial charge is 0.256 e. The average Bonchev–Trinajstić information content (AvgIpc) is 2.42. The highest BCUT2D eigenvalue weighted by Crippen LogP contribution is 2.34. The Hall–Kier alpha value is -1.09. The van der Waals surface area contributed by atoms with Crippen molar-refractivity contribution in [2.45, 2.75) is 33.1 Å². The maximum Gasteiger partial charge on any atom is 0.256 e. The third-order valence-corrected chi connectivity index (χ3v) is 4.51. The fourth-order valence-electron chi connectivity index (χ4n) is 2.43. The van der Waals surface area contributed by atoms with Gasteiger partial charge in [-0.3, -0.25) is 4.79 Å². The Balaban J connectivity index is 2.11. The Morgan fingerprint density at radius 1 is 1.42 bits per heavy atom. The molecule has 1 saturated heterocycles. The van der Waals surface area contributed by atoms with Crippen LogP contribution in [0, 0.1) is 11.2 Å². The predicted molar refractivity (Wildman–Crippen MR) is 74.9 cm³/mol. The monoisotopic (exact) mass is 283 g/mol. The molecule has 0 aromatic heterocycles. The largest absolute Gasteiger partial charge is 0.339 e. The maximum atomic E-state index is 13.7. The van der Waals surface area contributed by atoms with E-state index in [9.17, 15) is 9.18 Å². The fourth-order valence-corrected chi connectivity index (χ4v) is 2.61. The Morgan fingerprint density at radius 2 is 2.05 bits per heavy atom. The van der Waals surface area contributed by atoms with Crippen molar-refractivity contribution in [3.05, 3.63) is 34.6 Å². The summed E-state index contributed by atoms with van der Waals surface area (Å²) in [6, 6.07) is 4.11. The summed E-state index contributed by atoms with van der Waals surface area (Å²) in [5.74, 6) is -0.753. The predicted octanol–water partition coefficient (Wildman–Crippen LogP) is 4.13. The SMILES string of the molecule is CCC1(C)CCN(C(=O)c2cc(Cl)ccc2F)CC1. The zero-order chi connectivity index (χ0) is 14.0. The van der Waals surface area contributed by atoms with E-state index < -0.39 is 5.82 Å². The Kier molecular flexibility index (Phi) is 4.14. The van der Waals surface area contributed by atoms with Crippen LogP contribution in [0.15, 0.2) is 18.2 Å². The third-order valence-electron chi connectivity index (χ3n) is 4.27. The molecule has 1 aromatic rings. The number of nitrogens with zero attached hydrogens (tertiary/aromatic N) is 1. The molecular formula is C15H19ClFNO. The molecule has 1 heterocycles. The zero-order valence-corrected chi connectivity index (χ0v) is 12.1. The standard InChI is InChI=1S/C15H19ClFNO/c1-3-15(2)6-8-18(9-7-15)14(19)12-10-11(16)4-5-13(12)17/h4-5,10H,3,6-9H2,1-2H3. The van der Waals surface area contributed by atoms with Gasteiger partial charge < -0.3 is 4.90 Å². The van der Waals surface area contributed by atoms with Gasteiger partial charge in [0.15, 0.2) is 0 Å². The van der Waals surface area contributed by atoms with E-state index in [4.69, 9.17) is 11.6 Å². The van der Waals surface area contributed by atoms with Gasteiger partial charge in [0, 0.05) is 18.1 Å². The molecule has 1 fully saturated rings. The first-order valence-corrected chi connectivity index (χ1v) is 7.07. The molecule has 0 aliphatic carbocycles. The molecular weight excluding hydrogens is 265 g/mol. The van der Waals surface area contributed by atoms with Crippen molar-refractivity contribution in [3.63, 3.8) is 0 Å². The minimum absolute atomic E-state index is 0.0765. The van der Waals surface area contributed by atoms with Crippen LogP contribution >= 0.6 is 11.6 Å². The summed E-state index contributed by atoms with van der Waals surface area (Å²) in [6.45, 7) is 5.80. The van der Waals surface area contributed by atoms with E-state index in [1.165, 1.54) is 18.2 Å². The van der Waals surface area contributed by atoms with Crippen LogP contribution in [0.1, 0.15) is 43.5 Å². The molecule has 0 spiro atoms. The average molecular weight is 284 g/mol. The molecule has 0 bridgehead atoms. The molecule has 1 amide bonds. The molecule has 0 radical (unpaired) electrons. The van der Waals surface area contributed by atoms with Crippen molar-refractivity contribution in [1.29, 1.82) is 0 Å². The molecule has 0 unspecified atom stereocenters. The van der Waals surface area contributed by atoms with Crippen molar-refractivity contribution in [1.82, 2.24) is 4.90 Å². The molecule has 1 aliphatic heterocycles. The summed E-state index contributed by atoms with van der Waals surface area (Å²) in [5, 5.41) is 0.389. The third kappa shape index (κ3) is 3.08. The van der Waals surface area contributed by atoms with Gasteiger partial charge in [0.1, 0.15) is 5.82 Å². The number of hydrogen-bond donors (Lipinski definition) is 0. The van der Waals surface area contributed by atoms with Gasteiger partial charge in [-0.05, 0) is 36.5 Å². The van der Waals surface area contributed by atoms with Gasteiger partial charge in [0.05, 0.1) is 5.56 Å². The van der Waals surface area contributed by atoms with Crippen LogP contribution in [0.25, 0.3) is 0 Å². The van der Waals surface area contributed by atoms with Crippen molar-refractivity contribution in [2.24, 2.45) is 5.41 Å². The topological polar surface area (TPSA) is 20.3 Å². The van der Waals surface area contributed by atoms with Gasteiger partial charge in [0.2, 0.25) is 0 Å². The number of rotatable bonds is 2. The molecule has 2 nitrogen and oxygen atoms in total. The highest BCUT2D eigenvalue weighted by Gasteiger charge is 2.31. The van der Waals surface area contributed by atoms with Crippen molar-refractivity contribution in [3.8, 4) is 0 Å². The quantitative estimate of drug-likeness (QED) is 0.799. The second-order valence-electron chi connectivity index (χ2n) is 5.58. The van der Waals surface area contributed by atoms with E-state index in [1.807, 2.05) is 0 Å². The Bertz CT molecular complexity index is 481. The minimum Gasteiger partial charge on any atom is -0.339 e. The molecule has 0 atom stereocenters. The first-order valence-electron chi connectivity index (χ1n) is 6.69. The summed E-state index contributed by atoms with van der Waals surface area (Å²) in [5.41, 5.74) is 0.386. The van der Waals surface area contributed by atoms with Crippen molar-refractivity contribution < 1.29 is 9.18 Å². The highest BCUT2D eigenvalue weighted by atomic mass is 35.5. The molecule has 1 aromatic carbocycles. The Labute approximate surface area is 118 Å². The molecule has 104 valence electrons. The number of piperidine rings is 1. The van der Waals surface area contributed by atoms with E-state index in [2.05, 4.69) is 13.8 Å². The number of likely N-dealkylation sites (tertiary alicyclic amines) is 1. The second kappa shape index (κ2) is 5.49. The second-order valence-corrected chi connectivity index (χ2v) is 6.02. The van der Waals surface area contributed by atoms with Gasteiger partial charge in [-0.25, -0.2) is 4.39 Å². The lowest BCUT2D eigenvalue weighted by Gasteiger charge is -2.39. The summed E-state index contributed by atoms with van der Waals surface area (Å²) in [7, 11) is 0. The molecule has 0 N–H and O–H groups in total. The van der Waals surface area contributed by atoms with E-state index in [1.54, 1.807) is 4.90 Å². The summed E-state index contributed by atoms with van der Waals surface area (Å²) >= 11 is 5.83. The van der Waals surface area contributed by atoms with Gasteiger partial charge in [-0.2, -0.15) is 0 Å². The zero-order valence-electron chi connectivity index (χ0n) is 11.4. The lowest BCUT2D eigenvalue weighted by Crippen LogP contribution is -2.42. The Morgan fingerprint density at radius 3 is 2.63 bits per heavy atom. The first kappa shape index (κ1) is 14.3. The van der Waals surface area contributed by atoms with Crippen LogP contribution in [-0.4, -0.2) is 23.9 Å². The number of benzene rings is 1. The number of amides is 1. The number of hydrogen-bond acceptors (Lipinski definition) is 1. The molecule has 1 aliphatic rings. The summed E-state index contributed by atoms with van der Waals surface area (Å²) in [4.78, 5) is 14.0. The lowest BCUT2D eigenvalue weighted by molar-refractivity contribution is 0.0596. The van der Waals surface area contributed by atoms with E-state index in [-0.39, 0.29) is 11.5 Å². The van der Waals surface area contributed by atoms with Gasteiger partial charge >= 0.3 is 0 Å². The van der Waals surface area contributed by atoms with Crippen molar-refractivity contribution >= 4 is 17.5 Å². The van der Waals surface area contributed by atoms with Crippen LogP contribution in [0.4, 0.5) is 4.39 Å². The molecule has 0 saturated carbocycles. The summed E-state index contributed by atoms with van der Waals surface area (Å²) in [6.07, 6.45) is 3.05. The normalized spacial score (nSPS) is 18.4. The van der Waals surface area contributed by atoms with Gasteiger partial charge in [-0.1, -0.05) is 31.9 Å². The van der Waals surface area contributed by atoms with Gasteiger partial charge in [0.25, 0.3) is 5.91 Å². The molecule has 4 heteroatoms. The van der Waals surface area contributed by atoms with Crippen LogP contribution in [0.5, 0.6) is 0 Å². The van der Waals surface area contributed by atoms with Crippen molar-refractivity contribution in [2.75, 3.05) is 13.1 Å². The number of carbonyl (C=O) groups excluding carboxylic acids is 1. The summed E-state index contributed by atoms with van der Waals surface area (Å²) < 4.78 is 13.7. The van der Waals surface area contributed by atoms with Crippen LogP contribution < -0.4 is 0 Å².